The smallest absolute Gasteiger partial charge is 0.254 e. The average molecular weight is 406 g/mol. The van der Waals surface area contributed by atoms with E-state index in [1.54, 1.807) is 47.5 Å². The number of hydrogen-bond donors (Lipinski definition) is 1. The fraction of sp³-hybridized carbons (Fsp3) is 0.182. The van der Waals surface area contributed by atoms with Gasteiger partial charge in [-0.1, -0.05) is 24.3 Å². The summed E-state index contributed by atoms with van der Waals surface area (Å²) in [6.45, 7) is 0.177. The summed E-state index contributed by atoms with van der Waals surface area (Å²) in [6.07, 6.45) is 0. The minimum Gasteiger partial charge on any atom is -0.454 e. The molecule has 5 rings (SSSR count). The van der Waals surface area contributed by atoms with E-state index in [0.29, 0.717) is 22.7 Å². The summed E-state index contributed by atoms with van der Waals surface area (Å²) in [4.78, 5) is 29.1. The number of nitrogens with zero attached hydrogens (tertiary/aromatic N) is 1. The third-order valence-electron chi connectivity index (χ3n) is 5.34. The lowest BCUT2D eigenvalue weighted by atomic mass is 9.81. The van der Waals surface area contributed by atoms with E-state index in [0.717, 1.165) is 10.4 Å². The fourth-order valence-electron chi connectivity index (χ4n) is 3.97. The number of carbonyl (C=O) groups is 2. The highest BCUT2D eigenvalue weighted by molar-refractivity contribution is 7.10. The molecule has 1 N–H and O–H groups in total. The molecule has 0 radical (unpaired) electrons. The van der Waals surface area contributed by atoms with Crippen molar-refractivity contribution in [1.82, 2.24) is 4.90 Å². The first kappa shape index (κ1) is 17.8. The normalized spacial score (nSPS) is 19.8. The van der Waals surface area contributed by atoms with Crippen LogP contribution < -0.4 is 14.8 Å². The number of amides is 2. The molecule has 0 fully saturated rings. The van der Waals surface area contributed by atoms with E-state index in [-0.39, 0.29) is 24.6 Å². The van der Waals surface area contributed by atoms with Crippen LogP contribution in [-0.4, -0.2) is 30.6 Å². The minimum atomic E-state index is -0.530. The number of nitrogens with one attached hydrogen (secondary N) is 1. The van der Waals surface area contributed by atoms with Crippen molar-refractivity contribution >= 4 is 28.8 Å². The molecule has 0 spiro atoms. The first-order valence-corrected chi connectivity index (χ1v) is 10.1. The summed E-state index contributed by atoms with van der Waals surface area (Å²) in [5.41, 5.74) is 1.93. The molecule has 3 aromatic rings. The number of anilines is 1. The van der Waals surface area contributed by atoms with E-state index in [9.17, 15) is 9.59 Å². The summed E-state index contributed by atoms with van der Waals surface area (Å²) in [7, 11) is 1.75. The van der Waals surface area contributed by atoms with E-state index in [4.69, 9.17) is 9.47 Å². The van der Waals surface area contributed by atoms with Crippen LogP contribution in [0, 0.1) is 0 Å². The van der Waals surface area contributed by atoms with Crippen molar-refractivity contribution in [3.8, 4) is 11.5 Å². The molecule has 2 aliphatic rings. The molecule has 3 heterocycles. The number of ether oxygens (including phenoxy) is 2. The molecule has 0 saturated heterocycles. The van der Waals surface area contributed by atoms with Gasteiger partial charge in [0.05, 0.1) is 12.0 Å². The third kappa shape index (κ3) is 2.94. The van der Waals surface area contributed by atoms with Gasteiger partial charge in [-0.15, -0.1) is 11.3 Å². The van der Waals surface area contributed by atoms with Gasteiger partial charge in [0.25, 0.3) is 5.91 Å². The Kier molecular flexibility index (Phi) is 4.24. The van der Waals surface area contributed by atoms with Crippen molar-refractivity contribution in [3.05, 3.63) is 76.0 Å². The van der Waals surface area contributed by atoms with Crippen LogP contribution in [0.1, 0.15) is 32.8 Å². The van der Waals surface area contributed by atoms with Crippen molar-refractivity contribution < 1.29 is 19.1 Å². The van der Waals surface area contributed by atoms with E-state index in [2.05, 4.69) is 5.32 Å². The van der Waals surface area contributed by atoms with Gasteiger partial charge in [-0.3, -0.25) is 9.59 Å². The zero-order valence-electron chi connectivity index (χ0n) is 15.6. The van der Waals surface area contributed by atoms with E-state index in [1.165, 1.54) is 0 Å². The van der Waals surface area contributed by atoms with Gasteiger partial charge in [-0.2, -0.15) is 0 Å². The zero-order valence-corrected chi connectivity index (χ0v) is 16.4. The van der Waals surface area contributed by atoms with E-state index < -0.39 is 5.92 Å². The molecule has 7 heteroatoms. The van der Waals surface area contributed by atoms with Gasteiger partial charge in [0.2, 0.25) is 12.7 Å². The molecule has 0 unspecified atom stereocenters. The lowest BCUT2D eigenvalue weighted by Crippen LogP contribution is -2.43. The quantitative estimate of drug-likeness (QED) is 0.713. The summed E-state index contributed by atoms with van der Waals surface area (Å²) >= 11 is 1.54. The first-order chi connectivity index (χ1) is 14.1. The standard InChI is InChI=1S/C22H18N2O4S/c1-24-20(18-7-4-10-29-18)19(14-5-2-3-6-15(14)22(24)26)21(25)23-13-8-9-16-17(11-13)28-12-27-16/h2-11,19-20H,12H2,1H3,(H,23,25)/t19-,20+/m0/s1. The average Bonchev–Trinajstić information content (AvgIpc) is 3.42. The Bertz CT molecular complexity index is 1100. The van der Waals surface area contributed by atoms with E-state index >= 15 is 0 Å². The predicted molar refractivity (Wildman–Crippen MR) is 110 cm³/mol. The van der Waals surface area contributed by atoms with Crippen LogP contribution in [0.5, 0.6) is 11.5 Å². The van der Waals surface area contributed by atoms with Crippen molar-refractivity contribution in [2.24, 2.45) is 0 Å². The molecule has 146 valence electrons. The minimum absolute atomic E-state index is 0.0777. The van der Waals surface area contributed by atoms with Gasteiger partial charge in [0.15, 0.2) is 11.5 Å². The van der Waals surface area contributed by atoms with Crippen LogP contribution in [0.15, 0.2) is 60.0 Å². The maximum Gasteiger partial charge on any atom is 0.254 e. The summed E-state index contributed by atoms with van der Waals surface area (Å²) in [6, 6.07) is 16.2. The van der Waals surface area contributed by atoms with Crippen LogP contribution in [0.4, 0.5) is 5.69 Å². The molecular formula is C22H18N2O4S. The molecule has 2 aliphatic heterocycles. The lowest BCUT2D eigenvalue weighted by Gasteiger charge is -2.39. The molecule has 2 atom stereocenters. The first-order valence-electron chi connectivity index (χ1n) is 9.23. The van der Waals surface area contributed by atoms with Crippen molar-refractivity contribution in [3.63, 3.8) is 0 Å². The summed E-state index contributed by atoms with van der Waals surface area (Å²) in [5.74, 6) is 0.486. The number of thiophene rings is 1. The zero-order chi connectivity index (χ0) is 20.0. The van der Waals surface area contributed by atoms with Crippen LogP contribution >= 0.6 is 11.3 Å². The second kappa shape index (κ2) is 6.93. The van der Waals surface area contributed by atoms with Gasteiger partial charge in [0.1, 0.15) is 0 Å². The number of hydrogen-bond acceptors (Lipinski definition) is 5. The van der Waals surface area contributed by atoms with Crippen molar-refractivity contribution in [2.75, 3.05) is 19.2 Å². The highest BCUT2D eigenvalue weighted by Gasteiger charge is 2.43. The largest absolute Gasteiger partial charge is 0.454 e. The fourth-order valence-corrected chi connectivity index (χ4v) is 4.87. The Morgan fingerprint density at radius 3 is 2.76 bits per heavy atom. The maximum absolute atomic E-state index is 13.5. The number of likely N-dealkylation sites (N-methyl/N-ethyl adjacent to an activating group) is 1. The topological polar surface area (TPSA) is 67.9 Å². The molecule has 0 bridgehead atoms. The van der Waals surface area contributed by atoms with Gasteiger partial charge in [0, 0.05) is 29.2 Å². The molecule has 6 nitrogen and oxygen atoms in total. The van der Waals surface area contributed by atoms with Crippen LogP contribution in [0.25, 0.3) is 0 Å². The molecular weight excluding hydrogens is 388 g/mol. The summed E-state index contributed by atoms with van der Waals surface area (Å²) < 4.78 is 10.7. The predicted octanol–water partition coefficient (Wildman–Crippen LogP) is 4.03. The van der Waals surface area contributed by atoms with Gasteiger partial charge >= 0.3 is 0 Å². The number of benzene rings is 2. The monoisotopic (exact) mass is 406 g/mol. The second-order valence-corrected chi connectivity index (χ2v) is 7.98. The Balaban J connectivity index is 1.55. The van der Waals surface area contributed by atoms with Crippen LogP contribution in [0.3, 0.4) is 0 Å². The summed E-state index contributed by atoms with van der Waals surface area (Å²) in [5, 5.41) is 4.96. The van der Waals surface area contributed by atoms with Crippen LogP contribution in [0.2, 0.25) is 0 Å². The molecule has 2 aromatic carbocycles. The van der Waals surface area contributed by atoms with E-state index in [1.807, 2.05) is 35.7 Å². The van der Waals surface area contributed by atoms with Gasteiger partial charge in [-0.25, -0.2) is 0 Å². The van der Waals surface area contributed by atoms with Crippen molar-refractivity contribution in [2.45, 2.75) is 12.0 Å². The molecule has 2 amide bonds. The Morgan fingerprint density at radius 2 is 1.93 bits per heavy atom. The van der Waals surface area contributed by atoms with Crippen molar-refractivity contribution in [1.29, 1.82) is 0 Å². The molecule has 1 aromatic heterocycles. The van der Waals surface area contributed by atoms with Gasteiger partial charge in [-0.05, 0) is 35.2 Å². The maximum atomic E-state index is 13.5. The molecule has 29 heavy (non-hydrogen) atoms. The lowest BCUT2D eigenvalue weighted by molar-refractivity contribution is -0.119. The number of rotatable bonds is 3. The molecule has 0 saturated carbocycles. The Hall–Kier alpha value is -3.32. The van der Waals surface area contributed by atoms with Crippen LogP contribution in [-0.2, 0) is 4.79 Å². The third-order valence-corrected chi connectivity index (χ3v) is 6.28. The number of fused-ring (bicyclic) bond motifs is 2. The highest BCUT2D eigenvalue weighted by Crippen LogP contribution is 2.44. The van der Waals surface area contributed by atoms with Gasteiger partial charge < -0.3 is 19.7 Å². The highest BCUT2D eigenvalue weighted by atomic mass is 32.1. The Morgan fingerprint density at radius 1 is 1.10 bits per heavy atom. The second-order valence-electron chi connectivity index (χ2n) is 7.00. The Labute approximate surface area is 171 Å². The molecule has 0 aliphatic carbocycles. The SMILES string of the molecule is CN1C(=O)c2ccccc2[C@H](C(=O)Nc2ccc3c(c2)OCO3)[C@H]1c1cccs1. The number of carbonyl (C=O) groups excluding carboxylic acids is 2.